The molecule has 6 nitrogen and oxygen atoms in total. The van der Waals surface area contributed by atoms with Crippen molar-refractivity contribution in [1.29, 1.82) is 5.26 Å². The van der Waals surface area contributed by atoms with Crippen molar-refractivity contribution in [2.75, 3.05) is 12.0 Å². The number of nitrogens with zero attached hydrogens (tertiary/aromatic N) is 4. The highest BCUT2D eigenvalue weighted by Gasteiger charge is 2.23. The number of rotatable bonds is 4. The Morgan fingerprint density at radius 1 is 1.38 bits per heavy atom. The molecule has 0 unspecified atom stereocenters. The molecule has 0 radical (unpaired) electrons. The second-order valence-electron chi connectivity index (χ2n) is 6.45. The van der Waals surface area contributed by atoms with Gasteiger partial charge >= 0.3 is 0 Å². The van der Waals surface area contributed by atoms with Crippen LogP contribution >= 0.6 is 0 Å². The zero-order chi connectivity index (χ0) is 17.7. The first kappa shape index (κ1) is 17.3. The van der Waals surface area contributed by atoms with Crippen LogP contribution in [0.25, 0.3) is 0 Å². The van der Waals surface area contributed by atoms with E-state index in [1.165, 1.54) is 29.4 Å². The number of hydrazine groups is 1. The molecule has 24 heavy (non-hydrogen) atoms. The van der Waals surface area contributed by atoms with Crippen LogP contribution in [0.3, 0.4) is 0 Å². The normalized spacial score (nSPS) is 10.8. The van der Waals surface area contributed by atoms with Crippen molar-refractivity contribution in [3.05, 3.63) is 53.7 Å². The first-order valence-corrected chi connectivity index (χ1v) is 7.36. The minimum atomic E-state index is -0.481. The summed E-state index contributed by atoms with van der Waals surface area (Å²) >= 11 is 0. The monoisotopic (exact) mass is 327 g/mol. The molecule has 0 aliphatic rings. The second kappa shape index (κ2) is 7.04. The number of amides is 1. The molecule has 124 valence electrons. The molecule has 1 heterocycles. The van der Waals surface area contributed by atoms with E-state index >= 15 is 0 Å². The molecule has 1 aromatic heterocycles. The maximum atomic E-state index is 13.4. The van der Waals surface area contributed by atoms with Crippen LogP contribution in [0.5, 0.6) is 0 Å². The van der Waals surface area contributed by atoms with Crippen LogP contribution in [0, 0.1) is 22.6 Å². The van der Waals surface area contributed by atoms with E-state index in [9.17, 15) is 9.18 Å². The number of carbonyl (C=O) groups is 1. The summed E-state index contributed by atoms with van der Waals surface area (Å²) in [7, 11) is 0. The Morgan fingerprint density at radius 2 is 2.12 bits per heavy atom. The lowest BCUT2D eigenvalue weighted by Gasteiger charge is -2.30. The molecule has 0 bridgehead atoms. The third-order valence-electron chi connectivity index (χ3n) is 2.95. The van der Waals surface area contributed by atoms with Crippen LogP contribution in [-0.4, -0.2) is 27.4 Å². The van der Waals surface area contributed by atoms with Crippen LogP contribution in [0.4, 0.5) is 10.2 Å². The quantitative estimate of drug-likeness (QED) is 0.873. The fourth-order valence-electron chi connectivity index (χ4n) is 2.03. The van der Waals surface area contributed by atoms with Gasteiger partial charge in [0.15, 0.2) is 0 Å². The van der Waals surface area contributed by atoms with Crippen molar-refractivity contribution in [2.24, 2.45) is 5.41 Å². The van der Waals surface area contributed by atoms with E-state index in [2.05, 4.69) is 15.4 Å². The number of halogens is 1. The Balaban J connectivity index is 2.30. The number of hydrogen-bond acceptors (Lipinski definition) is 5. The Bertz CT molecular complexity index is 779. The van der Waals surface area contributed by atoms with Crippen LogP contribution in [0.2, 0.25) is 0 Å². The van der Waals surface area contributed by atoms with Crippen LogP contribution in [0.15, 0.2) is 36.5 Å². The van der Waals surface area contributed by atoms with Gasteiger partial charge in [-0.1, -0.05) is 26.8 Å². The predicted molar refractivity (Wildman–Crippen MR) is 87.3 cm³/mol. The highest BCUT2D eigenvalue weighted by atomic mass is 19.1. The molecule has 1 amide bonds. The summed E-state index contributed by atoms with van der Waals surface area (Å²) in [5.74, 6) is -0.559. The van der Waals surface area contributed by atoms with E-state index in [1.54, 1.807) is 12.1 Å². The minimum Gasteiger partial charge on any atom is -0.279 e. The molecule has 0 fully saturated rings. The molecule has 1 aromatic carbocycles. The van der Waals surface area contributed by atoms with Crippen molar-refractivity contribution in [1.82, 2.24) is 15.0 Å². The van der Waals surface area contributed by atoms with E-state index in [-0.39, 0.29) is 22.7 Å². The molecule has 0 spiro atoms. The molecule has 0 aliphatic carbocycles. The summed E-state index contributed by atoms with van der Waals surface area (Å²) in [6.07, 6.45) is 1.43. The minimum absolute atomic E-state index is 0.00564. The lowest BCUT2D eigenvalue weighted by Crippen LogP contribution is -2.42. The van der Waals surface area contributed by atoms with Gasteiger partial charge in [-0.25, -0.2) is 14.4 Å². The summed E-state index contributed by atoms with van der Waals surface area (Å²) in [5.41, 5.74) is 2.90. The fourth-order valence-corrected chi connectivity index (χ4v) is 2.03. The Hall–Kier alpha value is -3.01. The average molecular weight is 327 g/mol. The van der Waals surface area contributed by atoms with E-state index in [4.69, 9.17) is 5.26 Å². The topological polar surface area (TPSA) is 81.9 Å². The van der Waals surface area contributed by atoms with Crippen molar-refractivity contribution in [3.63, 3.8) is 0 Å². The Kier molecular flexibility index (Phi) is 5.09. The lowest BCUT2D eigenvalue weighted by molar-refractivity contribution is 0.0742. The number of nitriles is 1. The van der Waals surface area contributed by atoms with Crippen molar-refractivity contribution in [2.45, 2.75) is 20.8 Å². The summed E-state index contributed by atoms with van der Waals surface area (Å²) in [4.78, 5) is 20.5. The zero-order valence-corrected chi connectivity index (χ0v) is 13.7. The molecular formula is C17H18FN5O. The fraction of sp³-hybridized carbons (Fsp3) is 0.294. The third-order valence-corrected chi connectivity index (χ3v) is 2.95. The van der Waals surface area contributed by atoms with Gasteiger partial charge in [0.2, 0.25) is 5.82 Å². The van der Waals surface area contributed by atoms with Gasteiger partial charge in [-0.05, 0) is 23.6 Å². The van der Waals surface area contributed by atoms with E-state index < -0.39 is 5.82 Å². The molecule has 0 saturated heterocycles. The van der Waals surface area contributed by atoms with Gasteiger partial charge in [-0.15, -0.1) is 0 Å². The third kappa shape index (κ3) is 4.74. The standard InChI is InChI=1S/C17H18FN5O/c1-17(2,3)11-23(16(24)12-5-4-6-13(18)9-12)22-14-7-8-20-15(10-19)21-14/h4-9H,11H2,1-3H3,(H,20,21,22). The highest BCUT2D eigenvalue weighted by Crippen LogP contribution is 2.18. The summed E-state index contributed by atoms with van der Waals surface area (Å²) in [6.45, 7) is 6.28. The predicted octanol–water partition coefficient (Wildman–Crippen LogP) is 3.00. The first-order valence-electron chi connectivity index (χ1n) is 7.36. The zero-order valence-electron chi connectivity index (χ0n) is 13.7. The largest absolute Gasteiger partial charge is 0.279 e. The summed E-state index contributed by atoms with van der Waals surface area (Å²) in [5, 5.41) is 10.2. The van der Waals surface area contributed by atoms with Crippen LogP contribution in [0.1, 0.15) is 37.0 Å². The van der Waals surface area contributed by atoms with Gasteiger partial charge in [0, 0.05) is 24.4 Å². The molecule has 7 heteroatoms. The maximum absolute atomic E-state index is 13.4. The van der Waals surface area contributed by atoms with Gasteiger partial charge in [-0.3, -0.25) is 15.2 Å². The average Bonchev–Trinajstić information content (AvgIpc) is 2.52. The smallest absolute Gasteiger partial charge is 0.272 e. The molecule has 0 atom stereocenters. The number of aromatic nitrogens is 2. The SMILES string of the molecule is CC(C)(C)CN(Nc1ccnc(C#N)n1)C(=O)c1cccc(F)c1. The second-order valence-corrected chi connectivity index (χ2v) is 6.45. The number of hydrogen-bond donors (Lipinski definition) is 1. The first-order chi connectivity index (χ1) is 11.3. The van der Waals surface area contributed by atoms with Crippen molar-refractivity contribution in [3.8, 4) is 6.07 Å². The van der Waals surface area contributed by atoms with Gasteiger partial charge in [-0.2, -0.15) is 5.26 Å². The van der Waals surface area contributed by atoms with Crippen molar-refractivity contribution >= 4 is 11.7 Å². The van der Waals surface area contributed by atoms with Gasteiger partial charge in [0.05, 0.1) is 0 Å². The summed E-state index contributed by atoms with van der Waals surface area (Å²) < 4.78 is 13.4. The van der Waals surface area contributed by atoms with Gasteiger partial charge < -0.3 is 0 Å². The highest BCUT2D eigenvalue weighted by molar-refractivity contribution is 5.94. The molecule has 0 saturated carbocycles. The number of nitrogens with one attached hydrogen (secondary N) is 1. The van der Waals surface area contributed by atoms with Crippen molar-refractivity contribution < 1.29 is 9.18 Å². The van der Waals surface area contributed by atoms with E-state index in [0.717, 1.165) is 0 Å². The van der Waals surface area contributed by atoms with Crippen LogP contribution in [-0.2, 0) is 0 Å². The Labute approximate surface area is 139 Å². The van der Waals surface area contributed by atoms with E-state index in [1.807, 2.05) is 26.8 Å². The number of anilines is 1. The molecule has 2 aromatic rings. The lowest BCUT2D eigenvalue weighted by atomic mass is 9.96. The van der Waals surface area contributed by atoms with Gasteiger partial charge in [0.1, 0.15) is 17.7 Å². The molecule has 2 rings (SSSR count). The number of carbonyl (C=O) groups excluding carboxylic acids is 1. The van der Waals surface area contributed by atoms with Gasteiger partial charge in [0.25, 0.3) is 5.91 Å². The number of benzene rings is 1. The Morgan fingerprint density at radius 3 is 2.75 bits per heavy atom. The molecule has 1 N–H and O–H groups in total. The van der Waals surface area contributed by atoms with E-state index in [0.29, 0.717) is 12.4 Å². The molecular weight excluding hydrogens is 309 g/mol. The summed E-state index contributed by atoms with van der Waals surface area (Å²) in [6, 6.07) is 8.88. The maximum Gasteiger partial charge on any atom is 0.272 e. The van der Waals surface area contributed by atoms with Crippen LogP contribution < -0.4 is 5.43 Å². The molecule has 0 aliphatic heterocycles.